The number of fused-ring (bicyclic) bond motifs is 1. The van der Waals surface area contributed by atoms with Crippen LogP contribution in [0.2, 0.25) is 0 Å². The van der Waals surface area contributed by atoms with Crippen LogP contribution in [0.25, 0.3) is 0 Å². The third kappa shape index (κ3) is 3.70. The average Bonchev–Trinajstić information content (AvgIpc) is 2.64. The molecule has 1 unspecified atom stereocenters. The summed E-state index contributed by atoms with van der Waals surface area (Å²) < 4.78 is 0. The van der Waals surface area contributed by atoms with Gasteiger partial charge in [0.25, 0.3) is 17.7 Å². The van der Waals surface area contributed by atoms with Crippen LogP contribution in [0, 0.1) is 0 Å². The molecule has 0 aromatic heterocycles. The number of carbonyl (C=O) groups excluding carboxylic acids is 3. The first-order valence-corrected chi connectivity index (χ1v) is 8.08. The van der Waals surface area contributed by atoms with E-state index in [9.17, 15) is 14.4 Å². The van der Waals surface area contributed by atoms with Gasteiger partial charge in [-0.1, -0.05) is 32.4 Å². The van der Waals surface area contributed by atoms with Crippen LogP contribution in [0.3, 0.4) is 0 Å². The highest BCUT2D eigenvalue weighted by Gasteiger charge is 2.39. The molecule has 1 aliphatic heterocycles. The Bertz CT molecular complexity index is 611. The van der Waals surface area contributed by atoms with Crippen LogP contribution in [-0.4, -0.2) is 41.8 Å². The molecule has 0 aliphatic carbocycles. The molecule has 23 heavy (non-hydrogen) atoms. The highest BCUT2D eigenvalue weighted by atomic mass is 16.2. The maximum atomic E-state index is 12.8. The summed E-state index contributed by atoms with van der Waals surface area (Å²) in [6.45, 7) is 4.79. The van der Waals surface area contributed by atoms with E-state index in [-0.39, 0.29) is 8.76 Å². The topological polar surface area (TPSA) is 78.5 Å². The second-order valence-electron chi connectivity index (χ2n) is 5.58. The molecule has 0 radical (unpaired) electrons. The van der Waals surface area contributed by atoms with Crippen LogP contribution in [0.4, 0.5) is 5.69 Å². The first-order valence-electron chi connectivity index (χ1n) is 8.08. The minimum Gasteiger partial charge on any atom is -0.354 e. The summed E-state index contributed by atoms with van der Waals surface area (Å²) in [5.41, 5.74) is 0.866. The van der Waals surface area contributed by atoms with E-state index < -0.39 is 17.9 Å². The van der Waals surface area contributed by atoms with Crippen molar-refractivity contribution in [2.24, 2.45) is 0 Å². The Hall–Kier alpha value is -2.37. The first kappa shape index (κ1) is 17.0. The Balaban J connectivity index is 0.00000288. The number of carbonyl (C=O) groups is 3. The molecule has 1 aromatic rings. The lowest BCUT2D eigenvalue weighted by molar-refractivity contribution is -0.133. The van der Waals surface area contributed by atoms with E-state index in [1.165, 1.54) is 4.90 Å². The molecule has 0 fully saturated rings. The maximum absolute atomic E-state index is 12.8. The van der Waals surface area contributed by atoms with E-state index in [0.29, 0.717) is 30.8 Å². The number of hydrogen-bond donors (Lipinski definition) is 2. The second kappa shape index (κ2) is 7.76. The minimum absolute atomic E-state index is 0. The van der Waals surface area contributed by atoms with Gasteiger partial charge in [0.1, 0.15) is 0 Å². The summed E-state index contributed by atoms with van der Waals surface area (Å²) in [6.07, 6.45) is 2.45. The van der Waals surface area contributed by atoms with Crippen molar-refractivity contribution in [3.05, 3.63) is 29.8 Å². The fraction of sp³-hybridized carbons (Fsp3) is 0.471. The molecule has 1 atom stereocenters. The van der Waals surface area contributed by atoms with E-state index in [0.717, 1.165) is 12.8 Å². The lowest BCUT2D eigenvalue weighted by Gasteiger charge is -2.27. The lowest BCUT2D eigenvalue weighted by Crippen LogP contribution is -2.54. The van der Waals surface area contributed by atoms with Crippen molar-refractivity contribution in [1.82, 2.24) is 10.2 Å². The largest absolute Gasteiger partial charge is 0.354 e. The normalized spacial score (nSPS) is 17.3. The number of amides is 3. The van der Waals surface area contributed by atoms with Crippen LogP contribution >= 0.6 is 0 Å². The molecule has 1 aliphatic rings. The van der Waals surface area contributed by atoms with Crippen molar-refractivity contribution in [1.29, 1.82) is 0 Å². The van der Waals surface area contributed by atoms with Crippen LogP contribution in [0.1, 0.15) is 46.3 Å². The zero-order valence-corrected chi connectivity index (χ0v) is 13.6. The highest BCUT2D eigenvalue weighted by Crippen LogP contribution is 2.23. The van der Waals surface area contributed by atoms with Gasteiger partial charge >= 0.3 is 0 Å². The number of nitrogens with one attached hydrogen (secondary N) is 2. The van der Waals surface area contributed by atoms with E-state index >= 15 is 0 Å². The summed E-state index contributed by atoms with van der Waals surface area (Å²) in [6, 6.07) is 5.70. The molecule has 6 nitrogen and oxygen atoms in total. The van der Waals surface area contributed by atoms with Gasteiger partial charge in [0.05, 0.1) is 11.3 Å². The molecule has 3 amide bonds. The van der Waals surface area contributed by atoms with E-state index in [2.05, 4.69) is 10.6 Å². The van der Waals surface area contributed by atoms with Crippen molar-refractivity contribution < 1.29 is 17.2 Å². The van der Waals surface area contributed by atoms with Crippen molar-refractivity contribution >= 4 is 23.4 Å². The lowest BCUT2D eigenvalue weighted by atomic mass is 10.1. The van der Waals surface area contributed by atoms with Gasteiger partial charge in [-0.3, -0.25) is 14.4 Å². The average molecular weight is 321 g/mol. The predicted molar refractivity (Wildman–Crippen MR) is 92.3 cm³/mol. The quantitative estimate of drug-likeness (QED) is 0.623. The van der Waals surface area contributed by atoms with Gasteiger partial charge < -0.3 is 15.5 Å². The summed E-state index contributed by atoms with van der Waals surface area (Å²) in [5, 5.41) is 5.45. The van der Waals surface area contributed by atoms with Crippen LogP contribution in [0.15, 0.2) is 24.3 Å². The zero-order chi connectivity index (χ0) is 16.8. The smallest absolute Gasteiger partial charge is 0.257 e. The zero-order valence-electron chi connectivity index (χ0n) is 13.6. The summed E-state index contributed by atoms with van der Waals surface area (Å²) >= 11 is 0. The maximum Gasteiger partial charge on any atom is 0.257 e. The Kier molecular flexibility index (Phi) is 5.73. The Morgan fingerprint density at radius 2 is 2.00 bits per heavy atom. The molecule has 1 heterocycles. The minimum atomic E-state index is -1.13. The Morgan fingerprint density at radius 3 is 2.70 bits per heavy atom. The SMILES string of the molecule is CCCCNC(=O)C1C(=O)Nc2ccccc2C(=O)N1CCC.[HH].[HH]. The molecule has 0 spiro atoms. The van der Waals surface area contributed by atoms with E-state index in [1.807, 2.05) is 13.8 Å². The highest BCUT2D eigenvalue weighted by molar-refractivity contribution is 6.17. The molecule has 1 aromatic carbocycles. The summed E-state index contributed by atoms with van der Waals surface area (Å²) in [5.74, 6) is -1.19. The van der Waals surface area contributed by atoms with Gasteiger partial charge in [-0.25, -0.2) is 0 Å². The monoisotopic (exact) mass is 321 g/mol. The number of benzene rings is 1. The number of para-hydroxylation sites is 1. The molecule has 2 N–H and O–H groups in total. The van der Waals surface area contributed by atoms with Gasteiger partial charge in [0.2, 0.25) is 0 Å². The Morgan fingerprint density at radius 1 is 1.26 bits per heavy atom. The number of anilines is 1. The van der Waals surface area contributed by atoms with Gasteiger partial charge in [-0.2, -0.15) is 0 Å². The molecular weight excluding hydrogens is 294 g/mol. The number of rotatable bonds is 6. The number of unbranched alkanes of at least 4 members (excludes halogenated alkanes) is 1. The molecular formula is C17H27N3O3. The third-order valence-electron chi connectivity index (χ3n) is 3.78. The van der Waals surface area contributed by atoms with Crippen molar-refractivity contribution in [2.75, 3.05) is 18.4 Å². The fourth-order valence-electron chi connectivity index (χ4n) is 2.61. The van der Waals surface area contributed by atoms with Crippen LogP contribution < -0.4 is 10.6 Å². The molecule has 0 saturated heterocycles. The van der Waals surface area contributed by atoms with Gasteiger partial charge in [0, 0.05) is 15.9 Å². The first-order chi connectivity index (χ1) is 11.1. The summed E-state index contributed by atoms with van der Waals surface area (Å²) in [7, 11) is 0. The number of hydrogen-bond acceptors (Lipinski definition) is 3. The summed E-state index contributed by atoms with van der Waals surface area (Å²) in [4.78, 5) is 39.1. The van der Waals surface area contributed by atoms with Crippen molar-refractivity contribution in [3.8, 4) is 0 Å². The third-order valence-corrected chi connectivity index (χ3v) is 3.78. The van der Waals surface area contributed by atoms with Crippen molar-refractivity contribution in [2.45, 2.75) is 39.2 Å². The van der Waals surface area contributed by atoms with Crippen molar-refractivity contribution in [3.63, 3.8) is 0 Å². The van der Waals surface area contributed by atoms with Crippen LogP contribution in [0.5, 0.6) is 0 Å². The second-order valence-corrected chi connectivity index (χ2v) is 5.58. The Labute approximate surface area is 139 Å². The van der Waals surface area contributed by atoms with Gasteiger partial charge in [0.15, 0.2) is 6.04 Å². The number of nitrogens with zero attached hydrogens (tertiary/aromatic N) is 1. The molecule has 0 bridgehead atoms. The fourth-order valence-corrected chi connectivity index (χ4v) is 2.61. The van der Waals surface area contributed by atoms with E-state index in [1.54, 1.807) is 24.3 Å². The standard InChI is InChI=1S/C17H23N3O3.2H2/c1-3-5-10-18-15(21)14-16(22)19-13-9-7-6-8-12(13)17(23)20(14)11-4-2;;/h6-9,14H,3-5,10-11H2,1-2H3,(H,18,21)(H,19,22);2*1H. The van der Waals surface area contributed by atoms with E-state index in [4.69, 9.17) is 0 Å². The molecule has 0 saturated carbocycles. The molecule has 128 valence electrons. The molecule has 6 heteroatoms. The van der Waals surface area contributed by atoms with Gasteiger partial charge in [-0.15, -0.1) is 0 Å². The van der Waals surface area contributed by atoms with Crippen LogP contribution in [-0.2, 0) is 9.59 Å². The molecule has 2 rings (SSSR count). The van der Waals surface area contributed by atoms with Gasteiger partial charge in [-0.05, 0) is 25.0 Å². The predicted octanol–water partition coefficient (Wildman–Crippen LogP) is 2.27.